The van der Waals surface area contributed by atoms with Crippen LogP contribution in [-0.4, -0.2) is 36.2 Å². The molecule has 0 bridgehead atoms. The summed E-state index contributed by atoms with van der Waals surface area (Å²) in [7, 11) is 0. The number of amides is 2. The van der Waals surface area contributed by atoms with Gasteiger partial charge >= 0.3 is 6.03 Å². The van der Waals surface area contributed by atoms with Gasteiger partial charge in [0.05, 0.1) is 23.8 Å². The van der Waals surface area contributed by atoms with Crippen LogP contribution in [0.3, 0.4) is 0 Å². The van der Waals surface area contributed by atoms with Crippen LogP contribution in [-0.2, 0) is 11.3 Å². The van der Waals surface area contributed by atoms with E-state index in [2.05, 4.69) is 11.4 Å². The van der Waals surface area contributed by atoms with Gasteiger partial charge < -0.3 is 15.0 Å². The summed E-state index contributed by atoms with van der Waals surface area (Å²) in [6.45, 7) is 5.57. The number of carbonyl (C=O) groups excluding carboxylic acids is 1. The van der Waals surface area contributed by atoms with Crippen molar-refractivity contribution in [2.24, 2.45) is 0 Å². The molecule has 106 valence electrons. The number of ether oxygens (including phenoxy) is 1. The number of carbonyl (C=O) groups is 1. The van der Waals surface area contributed by atoms with Gasteiger partial charge in [-0.1, -0.05) is 12.1 Å². The number of urea groups is 1. The van der Waals surface area contributed by atoms with Gasteiger partial charge in [-0.3, -0.25) is 0 Å². The number of morpholine rings is 1. The molecule has 1 saturated heterocycles. The van der Waals surface area contributed by atoms with E-state index >= 15 is 0 Å². The topological polar surface area (TPSA) is 65.4 Å². The highest BCUT2D eigenvalue weighted by Gasteiger charge is 2.25. The van der Waals surface area contributed by atoms with E-state index in [1.807, 2.05) is 26.0 Å². The summed E-state index contributed by atoms with van der Waals surface area (Å²) >= 11 is 0. The Morgan fingerprint density at radius 3 is 2.80 bits per heavy atom. The Labute approximate surface area is 119 Å². The van der Waals surface area contributed by atoms with Crippen LogP contribution in [0.15, 0.2) is 24.3 Å². The highest BCUT2D eigenvalue weighted by atomic mass is 16.5. The van der Waals surface area contributed by atoms with Crippen LogP contribution in [0.2, 0.25) is 0 Å². The second-order valence-electron chi connectivity index (χ2n) is 5.13. The third-order valence-corrected chi connectivity index (χ3v) is 3.21. The summed E-state index contributed by atoms with van der Waals surface area (Å²) < 4.78 is 5.60. The summed E-state index contributed by atoms with van der Waals surface area (Å²) in [5.74, 6) is 0. The third kappa shape index (κ3) is 3.72. The molecule has 1 N–H and O–H groups in total. The minimum Gasteiger partial charge on any atom is -0.372 e. The zero-order valence-corrected chi connectivity index (χ0v) is 11.8. The Kier molecular flexibility index (Phi) is 4.59. The molecule has 0 aromatic heterocycles. The van der Waals surface area contributed by atoms with E-state index in [1.54, 1.807) is 17.0 Å². The minimum absolute atomic E-state index is 0.0615. The summed E-state index contributed by atoms with van der Waals surface area (Å²) in [5.41, 5.74) is 1.53. The van der Waals surface area contributed by atoms with Gasteiger partial charge in [0.15, 0.2) is 0 Å². The van der Waals surface area contributed by atoms with Crippen LogP contribution >= 0.6 is 0 Å². The number of benzene rings is 1. The molecule has 1 aliphatic heterocycles. The second kappa shape index (κ2) is 6.40. The monoisotopic (exact) mass is 273 g/mol. The molecule has 2 atom stereocenters. The standard InChI is InChI=1S/C15H19N3O2/c1-11-9-18(10-12(2)20-11)15(19)17-8-14-5-3-4-13(6-14)7-16/h3-6,11-12H,8-10H2,1-2H3,(H,17,19). The fraction of sp³-hybridized carbons (Fsp3) is 0.467. The van der Waals surface area contributed by atoms with Crippen LogP contribution in [0.1, 0.15) is 25.0 Å². The quantitative estimate of drug-likeness (QED) is 0.894. The number of nitriles is 1. The molecule has 1 fully saturated rings. The van der Waals surface area contributed by atoms with Crippen molar-refractivity contribution in [3.8, 4) is 6.07 Å². The molecule has 5 heteroatoms. The predicted octanol–water partition coefficient (Wildman–Crippen LogP) is 1.88. The first-order chi connectivity index (χ1) is 9.58. The van der Waals surface area contributed by atoms with Gasteiger partial charge in [-0.05, 0) is 31.5 Å². The van der Waals surface area contributed by atoms with Crippen LogP contribution in [0.4, 0.5) is 4.79 Å². The van der Waals surface area contributed by atoms with Gasteiger partial charge in [-0.15, -0.1) is 0 Å². The Morgan fingerprint density at radius 2 is 2.15 bits per heavy atom. The van der Waals surface area contributed by atoms with Gasteiger partial charge in [0.2, 0.25) is 0 Å². The molecule has 2 unspecified atom stereocenters. The smallest absolute Gasteiger partial charge is 0.317 e. The lowest BCUT2D eigenvalue weighted by Gasteiger charge is -2.35. The van der Waals surface area contributed by atoms with Crippen molar-refractivity contribution in [3.05, 3.63) is 35.4 Å². The van der Waals surface area contributed by atoms with Crippen LogP contribution in [0.25, 0.3) is 0 Å². The highest BCUT2D eigenvalue weighted by Crippen LogP contribution is 2.11. The SMILES string of the molecule is CC1CN(C(=O)NCc2cccc(C#N)c2)CC(C)O1. The predicted molar refractivity (Wildman–Crippen MR) is 75.0 cm³/mol. The molecule has 20 heavy (non-hydrogen) atoms. The molecule has 0 radical (unpaired) electrons. The summed E-state index contributed by atoms with van der Waals surface area (Å²) in [5, 5.41) is 11.7. The van der Waals surface area contributed by atoms with Gasteiger partial charge in [0.25, 0.3) is 0 Å². The van der Waals surface area contributed by atoms with E-state index in [0.29, 0.717) is 25.2 Å². The zero-order valence-electron chi connectivity index (χ0n) is 11.8. The van der Waals surface area contributed by atoms with Crippen LogP contribution in [0.5, 0.6) is 0 Å². The average Bonchev–Trinajstić information content (AvgIpc) is 2.44. The lowest BCUT2D eigenvalue weighted by molar-refractivity contribution is -0.0545. The van der Waals surface area contributed by atoms with Crippen LogP contribution < -0.4 is 5.32 Å². The number of rotatable bonds is 2. The summed E-state index contributed by atoms with van der Waals surface area (Å²) in [6, 6.07) is 9.24. The molecular formula is C15H19N3O2. The fourth-order valence-electron chi connectivity index (χ4n) is 2.38. The van der Waals surface area contributed by atoms with E-state index < -0.39 is 0 Å². The average molecular weight is 273 g/mol. The molecule has 0 saturated carbocycles. The Balaban J connectivity index is 1.90. The lowest BCUT2D eigenvalue weighted by Crippen LogP contribution is -2.51. The van der Waals surface area contributed by atoms with Crippen molar-refractivity contribution < 1.29 is 9.53 Å². The maximum Gasteiger partial charge on any atom is 0.317 e. The fourth-order valence-corrected chi connectivity index (χ4v) is 2.38. The minimum atomic E-state index is -0.0886. The first-order valence-electron chi connectivity index (χ1n) is 6.75. The summed E-state index contributed by atoms with van der Waals surface area (Å²) in [4.78, 5) is 13.9. The molecule has 1 heterocycles. The van der Waals surface area contributed by atoms with Gasteiger partial charge in [0.1, 0.15) is 0 Å². The number of nitrogens with one attached hydrogen (secondary N) is 1. The van der Waals surface area contributed by atoms with Gasteiger partial charge in [0, 0.05) is 19.6 Å². The van der Waals surface area contributed by atoms with E-state index in [4.69, 9.17) is 10.00 Å². The highest BCUT2D eigenvalue weighted by molar-refractivity contribution is 5.74. The number of hydrogen-bond acceptors (Lipinski definition) is 3. The van der Waals surface area contributed by atoms with Crippen molar-refractivity contribution in [2.45, 2.75) is 32.6 Å². The maximum atomic E-state index is 12.1. The molecule has 0 spiro atoms. The van der Waals surface area contributed by atoms with Crippen molar-refractivity contribution in [1.82, 2.24) is 10.2 Å². The van der Waals surface area contributed by atoms with Crippen molar-refractivity contribution in [3.63, 3.8) is 0 Å². The van der Waals surface area contributed by atoms with Crippen molar-refractivity contribution in [2.75, 3.05) is 13.1 Å². The first-order valence-corrected chi connectivity index (χ1v) is 6.75. The number of nitrogens with zero attached hydrogens (tertiary/aromatic N) is 2. The first kappa shape index (κ1) is 14.4. The molecule has 1 aromatic rings. The largest absolute Gasteiger partial charge is 0.372 e. The van der Waals surface area contributed by atoms with E-state index in [1.165, 1.54) is 0 Å². The third-order valence-electron chi connectivity index (χ3n) is 3.21. The Morgan fingerprint density at radius 1 is 1.45 bits per heavy atom. The van der Waals surface area contributed by atoms with Gasteiger partial charge in [-0.25, -0.2) is 4.79 Å². The van der Waals surface area contributed by atoms with E-state index in [9.17, 15) is 4.79 Å². The molecule has 1 aliphatic rings. The molecule has 1 aromatic carbocycles. The van der Waals surface area contributed by atoms with Crippen molar-refractivity contribution >= 4 is 6.03 Å². The normalized spacial score (nSPS) is 22.1. The van der Waals surface area contributed by atoms with E-state index in [0.717, 1.165) is 5.56 Å². The van der Waals surface area contributed by atoms with Gasteiger partial charge in [-0.2, -0.15) is 5.26 Å². The lowest BCUT2D eigenvalue weighted by atomic mass is 10.1. The maximum absolute atomic E-state index is 12.1. The Bertz CT molecular complexity index is 514. The second-order valence-corrected chi connectivity index (χ2v) is 5.13. The van der Waals surface area contributed by atoms with Crippen molar-refractivity contribution in [1.29, 1.82) is 5.26 Å². The molecule has 5 nitrogen and oxygen atoms in total. The van der Waals surface area contributed by atoms with Crippen LogP contribution in [0, 0.1) is 11.3 Å². The zero-order chi connectivity index (χ0) is 14.5. The molecule has 2 amide bonds. The van der Waals surface area contributed by atoms with E-state index in [-0.39, 0.29) is 18.2 Å². The molecule has 0 aliphatic carbocycles. The summed E-state index contributed by atoms with van der Waals surface area (Å²) in [6.07, 6.45) is 0.123. The molecular weight excluding hydrogens is 254 g/mol. The Hall–Kier alpha value is -2.06. The molecule has 2 rings (SSSR count). The number of hydrogen-bond donors (Lipinski definition) is 1.